The van der Waals surface area contributed by atoms with Gasteiger partial charge in [-0.2, -0.15) is 0 Å². The molecule has 3 aromatic heterocycles. The lowest BCUT2D eigenvalue weighted by Gasteiger charge is -2.13. The summed E-state index contributed by atoms with van der Waals surface area (Å²) in [6, 6.07) is 11.8. The molecule has 3 heterocycles. The Labute approximate surface area is 214 Å². The van der Waals surface area contributed by atoms with Gasteiger partial charge >= 0.3 is 0 Å². The van der Waals surface area contributed by atoms with Gasteiger partial charge in [-0.3, -0.25) is 9.59 Å². The van der Waals surface area contributed by atoms with Crippen LogP contribution < -0.4 is 20.8 Å². The second kappa shape index (κ2) is 11.0. The molecule has 0 saturated heterocycles. The summed E-state index contributed by atoms with van der Waals surface area (Å²) in [5.41, 5.74) is 1.78. The van der Waals surface area contributed by atoms with Gasteiger partial charge in [0.05, 0.1) is 34.3 Å². The normalized spacial score (nSPS) is 11.4. The Bertz CT molecular complexity index is 1550. The number of nitrogens with one attached hydrogen (secondary N) is 2. The van der Waals surface area contributed by atoms with Crippen LogP contribution in [0.3, 0.4) is 0 Å². The Hall–Kier alpha value is -3.52. The number of pyridine rings is 1. The number of hydrogen-bond acceptors (Lipinski definition) is 8. The Balaban J connectivity index is 1.55. The number of sulfonamides is 1. The number of H-pyrrole nitrogens is 1. The largest absolute Gasteiger partial charge is 0.491 e. The zero-order chi connectivity index (χ0) is 25.7. The summed E-state index contributed by atoms with van der Waals surface area (Å²) in [7, 11) is -3.62. The molecular weight excluding hydrogens is 528 g/mol. The summed E-state index contributed by atoms with van der Waals surface area (Å²) in [4.78, 5) is 27.6. The van der Waals surface area contributed by atoms with Crippen LogP contribution in [-0.4, -0.2) is 46.7 Å². The van der Waals surface area contributed by atoms with E-state index in [-0.39, 0.29) is 36.8 Å². The van der Waals surface area contributed by atoms with E-state index in [0.29, 0.717) is 37.5 Å². The smallest absolute Gasteiger partial charge is 0.261 e. The Kier molecular flexibility index (Phi) is 7.84. The number of primary sulfonamides is 1. The van der Waals surface area contributed by atoms with Crippen LogP contribution >= 0.6 is 22.9 Å². The zero-order valence-electron chi connectivity index (χ0n) is 18.7. The number of amides is 1. The third-order valence-corrected chi connectivity index (χ3v) is 7.02. The summed E-state index contributed by atoms with van der Waals surface area (Å²) in [5.74, 6) is -0.153. The third-order valence-electron chi connectivity index (χ3n) is 4.93. The lowest BCUT2D eigenvalue weighted by atomic mass is 10.1. The molecule has 0 aliphatic heterocycles. The molecule has 0 radical (unpaired) electrons. The summed E-state index contributed by atoms with van der Waals surface area (Å²) < 4.78 is 30.3. The molecule has 11 nitrogen and oxygen atoms in total. The molecule has 0 fully saturated rings. The summed E-state index contributed by atoms with van der Waals surface area (Å²) >= 11 is 7.05. The number of ether oxygens (including phenoxy) is 1. The molecule has 4 rings (SSSR count). The van der Waals surface area contributed by atoms with Crippen LogP contribution in [0.15, 0.2) is 59.7 Å². The minimum atomic E-state index is -3.62. The van der Waals surface area contributed by atoms with Gasteiger partial charge < -0.3 is 15.0 Å². The van der Waals surface area contributed by atoms with Crippen LogP contribution in [0.2, 0.25) is 4.34 Å². The van der Waals surface area contributed by atoms with Gasteiger partial charge in [-0.25, -0.2) is 18.2 Å². The minimum Gasteiger partial charge on any atom is -0.491 e. The number of carbonyl (C=O) groups excluding carboxylic acids is 1. The minimum absolute atomic E-state index is 0.0685. The van der Waals surface area contributed by atoms with Crippen molar-refractivity contribution in [1.29, 1.82) is 0 Å². The van der Waals surface area contributed by atoms with E-state index in [0.717, 1.165) is 0 Å². The topological polar surface area (TPSA) is 162 Å². The van der Waals surface area contributed by atoms with E-state index in [1.54, 1.807) is 48.7 Å². The number of aromatic nitrogens is 4. The Morgan fingerprint density at radius 2 is 2.08 bits per heavy atom. The number of nitrogens with zero attached hydrogens (tertiary/aromatic N) is 3. The van der Waals surface area contributed by atoms with Crippen molar-refractivity contribution in [3.63, 3.8) is 0 Å². The van der Waals surface area contributed by atoms with E-state index in [9.17, 15) is 18.0 Å². The highest BCUT2D eigenvalue weighted by molar-refractivity contribution is 7.89. The fourth-order valence-electron chi connectivity index (χ4n) is 3.27. The maximum Gasteiger partial charge on any atom is 0.261 e. The van der Waals surface area contributed by atoms with Crippen LogP contribution in [0.5, 0.6) is 5.75 Å². The molecule has 0 bridgehead atoms. The number of rotatable bonds is 10. The number of aromatic amines is 1. The molecule has 0 unspecified atom stereocenters. The highest BCUT2D eigenvalue weighted by Crippen LogP contribution is 2.28. The number of halogens is 1. The standard InChI is InChI=1S/C22H21ClN6O5S2/c23-20-7-6-19(35-20)22(31)26-12-15-13-29(28-27-15)17-5-4-14(16-3-1-8-25-21(16)30)11-18(17)34-9-2-10-36(24,32)33/h1,3-8,11,13H,2,9-10,12H2,(H,25,30)(H,26,31)(H2,24,32,33). The van der Waals surface area contributed by atoms with E-state index < -0.39 is 10.0 Å². The molecule has 4 N–H and O–H groups in total. The molecule has 36 heavy (non-hydrogen) atoms. The number of thiophene rings is 1. The lowest BCUT2D eigenvalue weighted by molar-refractivity contribution is 0.0954. The second-order valence-corrected chi connectivity index (χ2v) is 11.1. The van der Waals surface area contributed by atoms with Crippen molar-refractivity contribution < 1.29 is 17.9 Å². The molecule has 0 saturated carbocycles. The number of nitrogens with two attached hydrogens (primary N) is 1. The van der Waals surface area contributed by atoms with Crippen molar-refractivity contribution in [2.45, 2.75) is 13.0 Å². The van der Waals surface area contributed by atoms with Gasteiger partial charge in [0.25, 0.3) is 11.5 Å². The van der Waals surface area contributed by atoms with Crippen LogP contribution in [0.1, 0.15) is 21.8 Å². The predicted molar refractivity (Wildman–Crippen MR) is 136 cm³/mol. The predicted octanol–water partition coefficient (Wildman–Crippen LogP) is 2.32. The first-order valence-corrected chi connectivity index (χ1v) is 13.5. The van der Waals surface area contributed by atoms with Crippen LogP contribution in [0.25, 0.3) is 16.8 Å². The zero-order valence-corrected chi connectivity index (χ0v) is 21.1. The van der Waals surface area contributed by atoms with Crippen molar-refractivity contribution >= 4 is 38.9 Å². The molecular formula is C22H21ClN6O5S2. The third kappa shape index (κ3) is 6.57. The van der Waals surface area contributed by atoms with Gasteiger partial charge in [0.15, 0.2) is 0 Å². The molecule has 1 aromatic carbocycles. The molecule has 0 aliphatic rings. The first-order valence-electron chi connectivity index (χ1n) is 10.6. The average molecular weight is 549 g/mol. The van der Waals surface area contributed by atoms with E-state index in [4.69, 9.17) is 21.5 Å². The SMILES string of the molecule is NS(=O)(=O)CCCOc1cc(-c2ccc[nH]c2=O)ccc1-n1cc(CNC(=O)c2ccc(Cl)s2)nn1. The summed E-state index contributed by atoms with van der Waals surface area (Å²) in [6.45, 7) is 0.204. The molecule has 14 heteroatoms. The van der Waals surface area contributed by atoms with Crippen LogP contribution in [0.4, 0.5) is 0 Å². The highest BCUT2D eigenvalue weighted by Gasteiger charge is 2.14. The molecule has 0 aliphatic carbocycles. The maximum absolute atomic E-state index is 12.3. The van der Waals surface area contributed by atoms with Crippen LogP contribution in [-0.2, 0) is 16.6 Å². The molecule has 1 amide bonds. The van der Waals surface area contributed by atoms with Crippen molar-refractivity contribution in [2.24, 2.45) is 5.14 Å². The quantitative estimate of drug-likeness (QED) is 0.256. The van der Waals surface area contributed by atoms with Crippen LogP contribution in [0, 0.1) is 0 Å². The number of benzene rings is 1. The van der Waals surface area contributed by atoms with Gasteiger partial charge in [0.2, 0.25) is 10.0 Å². The maximum atomic E-state index is 12.3. The second-order valence-electron chi connectivity index (χ2n) is 7.61. The lowest BCUT2D eigenvalue weighted by Crippen LogP contribution is -2.21. The van der Waals surface area contributed by atoms with Gasteiger partial charge in [-0.05, 0) is 48.4 Å². The van der Waals surface area contributed by atoms with E-state index in [1.807, 2.05) is 0 Å². The first-order chi connectivity index (χ1) is 17.2. The van der Waals surface area contributed by atoms with Gasteiger partial charge in [-0.15, -0.1) is 16.4 Å². The average Bonchev–Trinajstić information content (AvgIpc) is 3.49. The fraction of sp³-hybridized carbons (Fsp3) is 0.182. The number of hydrogen-bond donors (Lipinski definition) is 3. The fourth-order valence-corrected chi connectivity index (χ4v) is 4.75. The van der Waals surface area contributed by atoms with E-state index in [2.05, 4.69) is 20.6 Å². The van der Waals surface area contributed by atoms with E-state index >= 15 is 0 Å². The molecule has 0 atom stereocenters. The van der Waals surface area contributed by atoms with Crippen molar-refractivity contribution in [2.75, 3.05) is 12.4 Å². The van der Waals surface area contributed by atoms with Crippen molar-refractivity contribution in [3.8, 4) is 22.6 Å². The molecule has 4 aromatic rings. The van der Waals surface area contributed by atoms with Crippen molar-refractivity contribution in [1.82, 2.24) is 25.3 Å². The van der Waals surface area contributed by atoms with E-state index in [1.165, 1.54) is 22.2 Å². The van der Waals surface area contributed by atoms with Crippen molar-refractivity contribution in [3.05, 3.63) is 80.1 Å². The Morgan fingerprint density at radius 3 is 2.81 bits per heavy atom. The van der Waals surface area contributed by atoms with Gasteiger partial charge in [0, 0.05) is 11.8 Å². The Morgan fingerprint density at radius 1 is 1.25 bits per heavy atom. The van der Waals surface area contributed by atoms with Gasteiger partial charge in [-0.1, -0.05) is 22.9 Å². The highest BCUT2D eigenvalue weighted by atomic mass is 35.5. The van der Waals surface area contributed by atoms with Gasteiger partial charge in [0.1, 0.15) is 17.1 Å². The molecule has 188 valence electrons. The molecule has 0 spiro atoms. The summed E-state index contributed by atoms with van der Waals surface area (Å²) in [6.07, 6.45) is 3.34. The first kappa shape index (κ1) is 25.6. The monoisotopic (exact) mass is 548 g/mol. The summed E-state index contributed by atoms with van der Waals surface area (Å²) in [5, 5.41) is 16.0. The number of carbonyl (C=O) groups is 1.